The second-order valence-corrected chi connectivity index (χ2v) is 8.44. The van der Waals surface area contributed by atoms with E-state index >= 15 is 0 Å². The van der Waals surface area contributed by atoms with Crippen LogP contribution in [0.1, 0.15) is 40.4 Å². The van der Waals surface area contributed by atoms with E-state index in [-0.39, 0.29) is 27.9 Å². The minimum atomic E-state index is -4.72. The molecule has 8 nitrogen and oxygen atoms in total. The van der Waals surface area contributed by atoms with Crippen LogP contribution < -0.4 is 10.9 Å². The number of amides is 1. The Morgan fingerprint density at radius 2 is 1.84 bits per heavy atom. The van der Waals surface area contributed by atoms with Gasteiger partial charge in [-0.15, -0.1) is 0 Å². The molecular weight excluding hydrogens is 497 g/mol. The summed E-state index contributed by atoms with van der Waals surface area (Å²) in [6.07, 6.45) is -1.50. The van der Waals surface area contributed by atoms with Crippen molar-refractivity contribution in [2.45, 2.75) is 26.1 Å². The maximum Gasteiger partial charge on any atom is 0.458 e. The molecule has 5 aromatic rings. The highest BCUT2D eigenvalue weighted by molar-refractivity contribution is 6.01. The molecule has 0 fully saturated rings. The lowest BCUT2D eigenvalue weighted by atomic mass is 10.1. The summed E-state index contributed by atoms with van der Waals surface area (Å²) in [4.78, 5) is 35.9. The van der Waals surface area contributed by atoms with Gasteiger partial charge in [-0.1, -0.05) is 30.2 Å². The number of nitrogens with zero attached hydrogens (tertiary/aromatic N) is 5. The van der Waals surface area contributed by atoms with Crippen LogP contribution in [0.2, 0.25) is 0 Å². The number of fused-ring (bicyclic) bond motifs is 2. The smallest absolute Gasteiger partial charge is 0.342 e. The van der Waals surface area contributed by atoms with Gasteiger partial charge in [0.1, 0.15) is 11.4 Å². The molecule has 3 heterocycles. The van der Waals surface area contributed by atoms with Gasteiger partial charge in [-0.3, -0.25) is 14.2 Å². The summed E-state index contributed by atoms with van der Waals surface area (Å²) >= 11 is 0. The summed E-state index contributed by atoms with van der Waals surface area (Å²) in [5.41, 5.74) is 0.979. The Bertz CT molecular complexity index is 1810. The summed E-state index contributed by atoms with van der Waals surface area (Å²) in [5, 5.41) is 7.11. The third-order valence-corrected chi connectivity index (χ3v) is 5.81. The number of alkyl halides is 3. The maximum absolute atomic E-state index is 13.8. The van der Waals surface area contributed by atoms with Gasteiger partial charge in [0.25, 0.3) is 11.5 Å². The average Bonchev–Trinajstić information content (AvgIpc) is 3.23. The quantitative estimate of drug-likeness (QED) is 0.363. The predicted molar refractivity (Wildman–Crippen MR) is 134 cm³/mol. The van der Waals surface area contributed by atoms with Crippen molar-refractivity contribution < 1.29 is 18.0 Å². The zero-order chi connectivity index (χ0) is 27.0. The molecule has 0 aliphatic carbocycles. The standard InChI is InChI=1S/C27H19F3N6O2/c1-16-21(24-31-14-7-15-35(24)34-16)25(37)32-17(2)23-33-20-11-6-8-18(12-13-27(28,29)30)22(20)26(38)36(23)19-9-4-3-5-10-19/h3-11,14-15,17H,1-2H3,(H,32,37). The Morgan fingerprint density at radius 3 is 2.58 bits per heavy atom. The van der Waals surface area contributed by atoms with Crippen LogP contribution in [-0.2, 0) is 0 Å². The number of nitrogens with one attached hydrogen (secondary N) is 1. The summed E-state index contributed by atoms with van der Waals surface area (Å²) < 4.78 is 41.2. The van der Waals surface area contributed by atoms with E-state index in [0.29, 0.717) is 17.0 Å². The van der Waals surface area contributed by atoms with Crippen molar-refractivity contribution in [2.24, 2.45) is 0 Å². The molecule has 1 unspecified atom stereocenters. The van der Waals surface area contributed by atoms with E-state index in [1.807, 2.05) is 0 Å². The fraction of sp³-hybridized carbons (Fsp3) is 0.148. The molecule has 0 saturated carbocycles. The maximum atomic E-state index is 13.8. The topological polar surface area (TPSA) is 94.2 Å². The third kappa shape index (κ3) is 4.59. The number of para-hydroxylation sites is 1. The molecule has 0 aliphatic rings. The van der Waals surface area contributed by atoms with Crippen molar-refractivity contribution in [1.29, 1.82) is 0 Å². The molecule has 1 amide bonds. The Kier molecular flexibility index (Phi) is 6.16. The van der Waals surface area contributed by atoms with Crippen LogP contribution in [0.15, 0.2) is 71.8 Å². The van der Waals surface area contributed by atoms with Crippen LogP contribution in [0.25, 0.3) is 22.2 Å². The number of aryl methyl sites for hydroxylation is 1. The number of carbonyl (C=O) groups excluding carboxylic acids is 1. The molecule has 5 rings (SSSR count). The highest BCUT2D eigenvalue weighted by Crippen LogP contribution is 2.22. The van der Waals surface area contributed by atoms with Crippen LogP contribution in [0, 0.1) is 18.8 Å². The van der Waals surface area contributed by atoms with E-state index in [1.165, 1.54) is 33.2 Å². The zero-order valence-corrected chi connectivity index (χ0v) is 20.1. The highest BCUT2D eigenvalue weighted by atomic mass is 19.4. The first-order chi connectivity index (χ1) is 18.1. The van der Waals surface area contributed by atoms with Crippen molar-refractivity contribution in [3.63, 3.8) is 0 Å². The molecule has 1 atom stereocenters. The zero-order valence-electron chi connectivity index (χ0n) is 20.1. The van der Waals surface area contributed by atoms with Gasteiger partial charge < -0.3 is 5.32 Å². The number of halogens is 3. The first-order valence-corrected chi connectivity index (χ1v) is 11.5. The largest absolute Gasteiger partial charge is 0.458 e. The molecule has 3 aromatic heterocycles. The fourth-order valence-corrected chi connectivity index (χ4v) is 4.20. The molecule has 0 spiro atoms. The van der Waals surface area contributed by atoms with E-state index in [0.717, 1.165) is 0 Å². The number of carbonyl (C=O) groups is 1. The van der Waals surface area contributed by atoms with E-state index < -0.39 is 23.7 Å². The van der Waals surface area contributed by atoms with Gasteiger partial charge in [0.15, 0.2) is 5.65 Å². The normalized spacial score (nSPS) is 12.2. The average molecular weight is 516 g/mol. The van der Waals surface area contributed by atoms with E-state index in [1.54, 1.807) is 62.6 Å². The van der Waals surface area contributed by atoms with Crippen LogP contribution >= 0.6 is 0 Å². The lowest BCUT2D eigenvalue weighted by Gasteiger charge is -2.20. The molecule has 0 aliphatic heterocycles. The lowest BCUT2D eigenvalue weighted by molar-refractivity contribution is -0.0696. The molecule has 38 heavy (non-hydrogen) atoms. The molecule has 190 valence electrons. The minimum absolute atomic E-state index is 0.0574. The third-order valence-electron chi connectivity index (χ3n) is 5.81. The second kappa shape index (κ2) is 9.48. The highest BCUT2D eigenvalue weighted by Gasteiger charge is 2.25. The van der Waals surface area contributed by atoms with Gasteiger partial charge in [-0.25, -0.2) is 14.5 Å². The molecule has 0 radical (unpaired) electrons. The lowest BCUT2D eigenvalue weighted by Crippen LogP contribution is -2.33. The van der Waals surface area contributed by atoms with Crippen LogP contribution in [0.3, 0.4) is 0 Å². The van der Waals surface area contributed by atoms with Crippen molar-refractivity contribution >= 4 is 22.5 Å². The molecule has 0 bridgehead atoms. The summed E-state index contributed by atoms with van der Waals surface area (Å²) in [5.74, 6) is 2.99. The summed E-state index contributed by atoms with van der Waals surface area (Å²) in [7, 11) is 0. The number of aromatic nitrogens is 5. The Hall–Kier alpha value is -4.98. The van der Waals surface area contributed by atoms with Gasteiger partial charge in [-0.2, -0.15) is 18.3 Å². The number of benzene rings is 2. The number of hydrogen-bond donors (Lipinski definition) is 1. The van der Waals surface area contributed by atoms with Crippen molar-refractivity contribution in [3.8, 4) is 17.5 Å². The summed E-state index contributed by atoms with van der Waals surface area (Å²) in [6, 6.07) is 13.7. The monoisotopic (exact) mass is 516 g/mol. The molecule has 11 heteroatoms. The van der Waals surface area contributed by atoms with Crippen LogP contribution in [0.5, 0.6) is 0 Å². The van der Waals surface area contributed by atoms with Crippen molar-refractivity contribution in [1.82, 2.24) is 29.5 Å². The van der Waals surface area contributed by atoms with E-state index in [2.05, 4.69) is 26.3 Å². The van der Waals surface area contributed by atoms with Crippen LogP contribution in [-0.4, -0.2) is 36.2 Å². The van der Waals surface area contributed by atoms with Gasteiger partial charge in [0, 0.05) is 23.9 Å². The molecule has 1 N–H and O–H groups in total. The van der Waals surface area contributed by atoms with Gasteiger partial charge in [0.05, 0.1) is 28.3 Å². The van der Waals surface area contributed by atoms with Crippen LogP contribution in [0.4, 0.5) is 13.2 Å². The van der Waals surface area contributed by atoms with Crippen molar-refractivity contribution in [3.05, 3.63) is 100.0 Å². The van der Waals surface area contributed by atoms with Crippen molar-refractivity contribution in [2.75, 3.05) is 0 Å². The number of rotatable bonds is 4. The minimum Gasteiger partial charge on any atom is -0.342 e. The second-order valence-electron chi connectivity index (χ2n) is 8.44. The van der Waals surface area contributed by atoms with Gasteiger partial charge in [-0.05, 0) is 44.2 Å². The Balaban J connectivity index is 1.66. The fourth-order valence-electron chi connectivity index (χ4n) is 4.20. The van der Waals surface area contributed by atoms with Gasteiger partial charge in [0.2, 0.25) is 0 Å². The van der Waals surface area contributed by atoms with Gasteiger partial charge >= 0.3 is 6.18 Å². The SMILES string of the molecule is Cc1nn2cccnc2c1C(=O)NC(C)c1nc2cccc(C#CC(F)(F)F)c2c(=O)n1-c1ccccc1. The molecule has 2 aromatic carbocycles. The van der Waals surface area contributed by atoms with E-state index in [9.17, 15) is 22.8 Å². The predicted octanol–water partition coefficient (Wildman–Crippen LogP) is 4.14. The Labute approximate surface area is 213 Å². The summed E-state index contributed by atoms with van der Waals surface area (Å²) in [6.45, 7) is 3.35. The molecule has 0 saturated heterocycles. The van der Waals surface area contributed by atoms with E-state index in [4.69, 9.17) is 0 Å². The Morgan fingerprint density at radius 1 is 1.08 bits per heavy atom. The molecular formula is C27H19F3N6O2. The number of hydrogen-bond acceptors (Lipinski definition) is 5. The first kappa shape index (κ1) is 24.7. The first-order valence-electron chi connectivity index (χ1n) is 11.5.